The van der Waals surface area contributed by atoms with E-state index < -0.39 is 0 Å². The highest BCUT2D eigenvalue weighted by molar-refractivity contribution is 6.12. The Morgan fingerprint density at radius 3 is 1.78 bits per heavy atom. The van der Waals surface area contributed by atoms with Crippen molar-refractivity contribution < 1.29 is 13.6 Å². The smallest absolute Gasteiger partial charge is 0.164 e. The minimum Gasteiger partial charge on any atom is -0.485 e. The summed E-state index contributed by atoms with van der Waals surface area (Å²) in [4.78, 5) is 15.5. The number of para-hydroxylation sites is 2. The highest BCUT2D eigenvalue weighted by Crippen LogP contribution is 2.53. The summed E-state index contributed by atoms with van der Waals surface area (Å²) in [6.07, 6.45) is 6.28. The fraction of sp³-hybridized carbons (Fsp3) is 0.0444. The zero-order valence-corrected chi connectivity index (χ0v) is 27.2. The predicted octanol–water partition coefficient (Wildman–Crippen LogP) is 11.2. The summed E-state index contributed by atoms with van der Waals surface area (Å²) >= 11 is 0. The van der Waals surface area contributed by atoms with Gasteiger partial charge in [-0.05, 0) is 47.5 Å². The molecular weight excluding hydrogens is 631 g/mol. The average molecular weight is 658 g/mol. The first-order chi connectivity index (χ1) is 25.3. The van der Waals surface area contributed by atoms with Crippen LogP contribution in [0.2, 0.25) is 0 Å². The first kappa shape index (κ1) is 28.1. The van der Waals surface area contributed by atoms with E-state index >= 15 is 0 Å². The quantitative estimate of drug-likeness (QED) is 0.187. The SMILES string of the molecule is C1=CC2Oc3cccc(-c4nc(-c5ccccc5)nc(-c5cccc6oc7ccccc7c56)n4)c3C2C(c2cccc3oc4ccccc4c23)=C1. The van der Waals surface area contributed by atoms with Gasteiger partial charge in [0.1, 0.15) is 34.2 Å². The highest BCUT2D eigenvalue weighted by atomic mass is 16.5. The second-order valence-corrected chi connectivity index (χ2v) is 13.0. The Bertz CT molecular complexity index is 2920. The number of benzene rings is 6. The molecule has 0 radical (unpaired) electrons. The van der Waals surface area contributed by atoms with Gasteiger partial charge in [0.15, 0.2) is 17.5 Å². The molecule has 0 fully saturated rings. The minimum absolute atomic E-state index is 0.0953. The second-order valence-electron chi connectivity index (χ2n) is 13.0. The lowest BCUT2D eigenvalue weighted by atomic mass is 9.78. The Labute approximate surface area is 292 Å². The number of nitrogens with zero attached hydrogens (tertiary/aromatic N) is 3. The molecule has 4 heterocycles. The van der Waals surface area contributed by atoms with E-state index in [4.69, 9.17) is 28.5 Å². The summed E-state index contributed by atoms with van der Waals surface area (Å²) in [5.41, 5.74) is 9.42. The molecular formula is C45H27N3O3. The number of ether oxygens (including phenoxy) is 1. The van der Waals surface area contributed by atoms with Crippen LogP contribution in [-0.4, -0.2) is 21.1 Å². The van der Waals surface area contributed by atoms with Crippen LogP contribution in [-0.2, 0) is 0 Å². The van der Waals surface area contributed by atoms with E-state index in [-0.39, 0.29) is 12.0 Å². The lowest BCUT2D eigenvalue weighted by Gasteiger charge is -2.24. The molecule has 9 aromatic rings. The third-order valence-corrected chi connectivity index (χ3v) is 10.1. The highest BCUT2D eigenvalue weighted by Gasteiger charge is 2.40. The van der Waals surface area contributed by atoms with Crippen LogP contribution in [0.1, 0.15) is 17.0 Å². The van der Waals surface area contributed by atoms with Crippen LogP contribution in [0.25, 0.3) is 83.6 Å². The summed E-state index contributed by atoms with van der Waals surface area (Å²) in [6.45, 7) is 0. The van der Waals surface area contributed by atoms with E-state index in [1.54, 1.807) is 0 Å². The Hall–Kier alpha value is -6.79. The monoisotopic (exact) mass is 657 g/mol. The van der Waals surface area contributed by atoms with Gasteiger partial charge in [-0.3, -0.25) is 0 Å². The van der Waals surface area contributed by atoms with Gasteiger partial charge in [0, 0.05) is 43.8 Å². The van der Waals surface area contributed by atoms with Gasteiger partial charge >= 0.3 is 0 Å². The van der Waals surface area contributed by atoms with Crippen molar-refractivity contribution in [3.63, 3.8) is 0 Å². The molecule has 11 rings (SSSR count). The van der Waals surface area contributed by atoms with Gasteiger partial charge in [-0.2, -0.15) is 0 Å². The summed E-state index contributed by atoms with van der Waals surface area (Å²) < 4.78 is 19.3. The molecule has 0 bridgehead atoms. The summed E-state index contributed by atoms with van der Waals surface area (Å²) in [6, 6.07) is 45.0. The molecule has 1 aliphatic carbocycles. The maximum atomic E-state index is 6.70. The molecule has 2 unspecified atom stereocenters. The minimum atomic E-state index is -0.185. The van der Waals surface area contributed by atoms with Crippen LogP contribution in [0.5, 0.6) is 5.75 Å². The molecule has 6 aromatic carbocycles. The van der Waals surface area contributed by atoms with Crippen molar-refractivity contribution in [2.75, 3.05) is 0 Å². The Kier molecular flexibility index (Phi) is 5.98. The van der Waals surface area contributed by atoms with E-state index in [1.165, 1.54) is 0 Å². The maximum Gasteiger partial charge on any atom is 0.164 e. The molecule has 0 amide bonds. The Morgan fingerprint density at radius 2 is 1.04 bits per heavy atom. The largest absolute Gasteiger partial charge is 0.485 e. The van der Waals surface area contributed by atoms with Crippen LogP contribution in [0.3, 0.4) is 0 Å². The molecule has 6 heteroatoms. The molecule has 0 spiro atoms. The maximum absolute atomic E-state index is 6.70. The van der Waals surface area contributed by atoms with Gasteiger partial charge < -0.3 is 13.6 Å². The van der Waals surface area contributed by atoms with Crippen molar-refractivity contribution in [1.82, 2.24) is 15.0 Å². The van der Waals surface area contributed by atoms with E-state index in [2.05, 4.69) is 66.8 Å². The topological polar surface area (TPSA) is 74.2 Å². The third-order valence-electron chi connectivity index (χ3n) is 10.1. The number of hydrogen-bond acceptors (Lipinski definition) is 6. The number of hydrogen-bond donors (Lipinski definition) is 0. The van der Waals surface area contributed by atoms with Gasteiger partial charge in [0.05, 0.1) is 5.92 Å². The van der Waals surface area contributed by atoms with E-state index in [0.717, 1.165) is 83.0 Å². The van der Waals surface area contributed by atoms with Crippen molar-refractivity contribution >= 4 is 49.5 Å². The fourth-order valence-electron chi connectivity index (χ4n) is 7.96. The van der Waals surface area contributed by atoms with Crippen molar-refractivity contribution in [3.05, 3.63) is 163 Å². The third kappa shape index (κ3) is 4.26. The number of rotatable bonds is 4. The van der Waals surface area contributed by atoms with Crippen molar-refractivity contribution in [2.45, 2.75) is 12.0 Å². The average Bonchev–Trinajstić information content (AvgIpc) is 3.89. The first-order valence-electron chi connectivity index (χ1n) is 17.1. The fourth-order valence-corrected chi connectivity index (χ4v) is 7.96. The van der Waals surface area contributed by atoms with Gasteiger partial charge in [-0.25, -0.2) is 15.0 Å². The molecule has 6 nitrogen and oxygen atoms in total. The molecule has 51 heavy (non-hydrogen) atoms. The number of allylic oxidation sites excluding steroid dienone is 2. The molecule has 0 N–H and O–H groups in total. The Balaban J connectivity index is 1.14. The standard InChI is InChI=1S/C45H27N3O3/c1-2-12-26(13-3-1)43-46-44(31-18-10-23-36-40(31)30-15-5-7-21-34(30)50-36)48-45(47-43)32-19-11-25-38-42(32)41-28(17-9-24-37(41)51-38)27-16-8-22-35-39(27)29-14-4-6-20-33(29)49-35/h1-25,37,41H. The van der Waals surface area contributed by atoms with Crippen LogP contribution in [0, 0.1) is 0 Å². The van der Waals surface area contributed by atoms with Gasteiger partial charge in [0.25, 0.3) is 0 Å². The number of aromatic nitrogens is 3. The molecule has 240 valence electrons. The van der Waals surface area contributed by atoms with Crippen LogP contribution in [0.4, 0.5) is 0 Å². The molecule has 1 aliphatic heterocycles. The lowest BCUT2D eigenvalue weighted by molar-refractivity contribution is 0.271. The van der Waals surface area contributed by atoms with Crippen molar-refractivity contribution in [3.8, 4) is 39.9 Å². The van der Waals surface area contributed by atoms with Crippen molar-refractivity contribution in [1.29, 1.82) is 0 Å². The van der Waals surface area contributed by atoms with E-state index in [9.17, 15) is 0 Å². The second kappa shape index (κ2) is 10.9. The summed E-state index contributed by atoms with van der Waals surface area (Å²) in [5.74, 6) is 2.50. The van der Waals surface area contributed by atoms with E-state index in [1.807, 2.05) is 84.9 Å². The van der Waals surface area contributed by atoms with E-state index in [0.29, 0.717) is 17.5 Å². The van der Waals surface area contributed by atoms with Gasteiger partial charge in [-0.15, -0.1) is 0 Å². The first-order valence-corrected chi connectivity index (χ1v) is 17.1. The number of fused-ring (bicyclic) bond motifs is 9. The Morgan fingerprint density at radius 1 is 0.471 bits per heavy atom. The van der Waals surface area contributed by atoms with Crippen LogP contribution >= 0.6 is 0 Å². The molecule has 2 atom stereocenters. The normalized spacial score (nSPS) is 16.4. The predicted molar refractivity (Wildman–Crippen MR) is 201 cm³/mol. The van der Waals surface area contributed by atoms with Crippen LogP contribution in [0.15, 0.2) is 161 Å². The molecule has 2 aliphatic rings. The zero-order chi connectivity index (χ0) is 33.5. The van der Waals surface area contributed by atoms with Gasteiger partial charge in [0.2, 0.25) is 0 Å². The molecule has 0 saturated heterocycles. The van der Waals surface area contributed by atoms with Crippen molar-refractivity contribution in [2.24, 2.45) is 0 Å². The zero-order valence-electron chi connectivity index (χ0n) is 27.2. The lowest BCUT2D eigenvalue weighted by Crippen LogP contribution is -2.20. The van der Waals surface area contributed by atoms with Gasteiger partial charge in [-0.1, -0.05) is 115 Å². The van der Waals surface area contributed by atoms with Crippen LogP contribution < -0.4 is 4.74 Å². The molecule has 3 aromatic heterocycles. The number of furan rings is 2. The molecule has 0 saturated carbocycles. The summed E-state index contributed by atoms with van der Waals surface area (Å²) in [7, 11) is 0. The summed E-state index contributed by atoms with van der Waals surface area (Å²) in [5, 5.41) is 4.20.